The van der Waals surface area contributed by atoms with Crippen molar-refractivity contribution < 1.29 is 4.74 Å². The molecule has 120 valence electrons. The van der Waals surface area contributed by atoms with Crippen LogP contribution in [0.5, 0.6) is 0 Å². The minimum absolute atomic E-state index is 0.251. The van der Waals surface area contributed by atoms with Crippen LogP contribution in [0.2, 0.25) is 0 Å². The molecule has 0 bridgehead atoms. The highest BCUT2D eigenvalue weighted by molar-refractivity contribution is 5.73. The standard InChI is InChI=1S/C13H20N6O3/c1-16-10-9(11(20)17(2)13(16)21)19(12(14)15-10)4-3-18-5-7-22-8-6-18/h3-8H2,1-2H3,(H2,14,15). The Balaban J connectivity index is 2.00. The highest BCUT2D eigenvalue weighted by atomic mass is 16.5. The molecule has 1 aliphatic rings. The van der Waals surface area contributed by atoms with Gasteiger partial charge < -0.3 is 15.0 Å². The van der Waals surface area contributed by atoms with Crippen LogP contribution < -0.4 is 17.0 Å². The van der Waals surface area contributed by atoms with E-state index in [2.05, 4.69) is 9.88 Å². The van der Waals surface area contributed by atoms with Gasteiger partial charge in [0, 0.05) is 40.3 Å². The van der Waals surface area contributed by atoms with E-state index in [-0.39, 0.29) is 11.5 Å². The number of imidazole rings is 1. The summed E-state index contributed by atoms with van der Waals surface area (Å²) in [7, 11) is 3.04. The van der Waals surface area contributed by atoms with Gasteiger partial charge in [0.25, 0.3) is 5.56 Å². The van der Waals surface area contributed by atoms with Crippen molar-refractivity contribution in [3.8, 4) is 0 Å². The van der Waals surface area contributed by atoms with Crippen molar-refractivity contribution in [2.75, 3.05) is 38.6 Å². The Kier molecular flexibility index (Phi) is 3.75. The van der Waals surface area contributed by atoms with Crippen molar-refractivity contribution in [2.24, 2.45) is 14.1 Å². The molecule has 0 atom stereocenters. The number of morpholine rings is 1. The predicted octanol–water partition coefficient (Wildman–Crippen LogP) is -1.65. The summed E-state index contributed by atoms with van der Waals surface area (Å²) in [4.78, 5) is 30.8. The van der Waals surface area contributed by atoms with Crippen LogP contribution in [0.15, 0.2) is 9.59 Å². The molecule has 0 spiro atoms. The SMILES string of the molecule is Cn1c(=O)c2c(nc(N)n2CCN2CCOCC2)n(C)c1=O. The first-order valence-electron chi connectivity index (χ1n) is 7.22. The van der Waals surface area contributed by atoms with Crippen molar-refractivity contribution in [3.05, 3.63) is 20.8 Å². The molecule has 0 aliphatic carbocycles. The summed E-state index contributed by atoms with van der Waals surface area (Å²) in [6.45, 7) is 4.47. The number of anilines is 1. The summed E-state index contributed by atoms with van der Waals surface area (Å²) in [6, 6.07) is 0. The van der Waals surface area contributed by atoms with Crippen LogP contribution >= 0.6 is 0 Å². The average Bonchev–Trinajstić information content (AvgIpc) is 2.86. The van der Waals surface area contributed by atoms with Crippen molar-refractivity contribution in [1.29, 1.82) is 0 Å². The molecule has 2 aromatic heterocycles. The lowest BCUT2D eigenvalue weighted by molar-refractivity contribution is 0.0366. The van der Waals surface area contributed by atoms with Crippen molar-refractivity contribution in [3.63, 3.8) is 0 Å². The van der Waals surface area contributed by atoms with Crippen molar-refractivity contribution in [1.82, 2.24) is 23.6 Å². The van der Waals surface area contributed by atoms with Gasteiger partial charge in [0.2, 0.25) is 5.95 Å². The molecule has 3 rings (SSSR count). The maximum Gasteiger partial charge on any atom is 0.332 e. The third-order valence-electron chi connectivity index (χ3n) is 4.12. The van der Waals surface area contributed by atoms with E-state index in [4.69, 9.17) is 10.5 Å². The lowest BCUT2D eigenvalue weighted by Crippen LogP contribution is -2.39. The molecule has 1 aliphatic heterocycles. The molecule has 1 fully saturated rings. The largest absolute Gasteiger partial charge is 0.379 e. The normalized spacial score (nSPS) is 16.5. The van der Waals surface area contributed by atoms with Gasteiger partial charge >= 0.3 is 5.69 Å². The predicted molar refractivity (Wildman–Crippen MR) is 81.9 cm³/mol. The molecule has 0 saturated carbocycles. The lowest BCUT2D eigenvalue weighted by Gasteiger charge is -2.26. The Morgan fingerprint density at radius 3 is 2.50 bits per heavy atom. The van der Waals surface area contributed by atoms with Gasteiger partial charge in [-0.2, -0.15) is 4.98 Å². The summed E-state index contributed by atoms with van der Waals surface area (Å²) < 4.78 is 9.43. The Labute approximate surface area is 126 Å². The number of nitrogens with two attached hydrogens (primary N) is 1. The van der Waals surface area contributed by atoms with Gasteiger partial charge in [-0.3, -0.25) is 18.8 Å². The second-order valence-electron chi connectivity index (χ2n) is 5.45. The zero-order valence-electron chi connectivity index (χ0n) is 12.8. The molecule has 0 unspecified atom stereocenters. The highest BCUT2D eigenvalue weighted by Crippen LogP contribution is 2.12. The summed E-state index contributed by atoms with van der Waals surface area (Å²) >= 11 is 0. The Bertz CT molecular complexity index is 812. The van der Waals surface area contributed by atoms with E-state index < -0.39 is 5.69 Å². The molecular weight excluding hydrogens is 288 g/mol. The zero-order valence-corrected chi connectivity index (χ0v) is 12.8. The molecular formula is C13H20N6O3. The van der Waals surface area contributed by atoms with Gasteiger partial charge in [-0.15, -0.1) is 0 Å². The fraction of sp³-hybridized carbons (Fsp3) is 0.615. The van der Waals surface area contributed by atoms with E-state index in [1.54, 1.807) is 11.6 Å². The second kappa shape index (κ2) is 5.58. The fourth-order valence-corrected chi connectivity index (χ4v) is 2.76. The lowest BCUT2D eigenvalue weighted by atomic mass is 10.4. The maximum absolute atomic E-state index is 12.4. The van der Waals surface area contributed by atoms with Gasteiger partial charge in [0.15, 0.2) is 11.2 Å². The number of nitrogens with zero attached hydrogens (tertiary/aromatic N) is 5. The third kappa shape index (κ3) is 2.32. The summed E-state index contributed by atoms with van der Waals surface area (Å²) in [5.41, 5.74) is 5.87. The minimum Gasteiger partial charge on any atom is -0.379 e. The van der Waals surface area contributed by atoms with E-state index in [1.165, 1.54) is 11.6 Å². The first-order valence-corrected chi connectivity index (χ1v) is 7.22. The Hall–Kier alpha value is -2.13. The van der Waals surface area contributed by atoms with E-state index in [9.17, 15) is 9.59 Å². The summed E-state index contributed by atoms with van der Waals surface area (Å²) in [5, 5.41) is 0. The molecule has 22 heavy (non-hydrogen) atoms. The first kappa shape index (κ1) is 14.8. The second-order valence-corrected chi connectivity index (χ2v) is 5.45. The number of aryl methyl sites for hydroxylation is 1. The molecule has 0 aromatic carbocycles. The van der Waals surface area contributed by atoms with Gasteiger partial charge in [0.05, 0.1) is 13.2 Å². The molecule has 2 N–H and O–H groups in total. The van der Waals surface area contributed by atoms with Crippen LogP contribution in [0, 0.1) is 0 Å². The third-order valence-corrected chi connectivity index (χ3v) is 4.12. The van der Waals surface area contributed by atoms with Crippen LogP contribution in [-0.2, 0) is 25.4 Å². The average molecular weight is 308 g/mol. The van der Waals surface area contributed by atoms with Gasteiger partial charge in [0.1, 0.15) is 0 Å². The van der Waals surface area contributed by atoms with E-state index in [0.29, 0.717) is 17.7 Å². The summed E-state index contributed by atoms with van der Waals surface area (Å²) in [6.07, 6.45) is 0. The van der Waals surface area contributed by atoms with Crippen LogP contribution in [0.4, 0.5) is 5.95 Å². The zero-order chi connectivity index (χ0) is 15.9. The Morgan fingerprint density at radius 1 is 1.14 bits per heavy atom. The topological polar surface area (TPSA) is 100 Å². The smallest absolute Gasteiger partial charge is 0.332 e. The molecule has 9 nitrogen and oxygen atoms in total. The van der Waals surface area contributed by atoms with Crippen LogP contribution in [0.3, 0.4) is 0 Å². The number of hydrogen-bond donors (Lipinski definition) is 1. The van der Waals surface area contributed by atoms with Gasteiger partial charge in [-0.05, 0) is 0 Å². The number of aromatic nitrogens is 4. The molecule has 9 heteroatoms. The van der Waals surface area contributed by atoms with Crippen LogP contribution in [0.25, 0.3) is 11.2 Å². The van der Waals surface area contributed by atoms with Crippen molar-refractivity contribution >= 4 is 17.1 Å². The molecule has 0 amide bonds. The van der Waals surface area contributed by atoms with Gasteiger partial charge in [-0.25, -0.2) is 4.79 Å². The number of fused-ring (bicyclic) bond motifs is 1. The summed E-state index contributed by atoms with van der Waals surface area (Å²) in [5.74, 6) is 0.251. The van der Waals surface area contributed by atoms with Crippen molar-refractivity contribution in [2.45, 2.75) is 6.54 Å². The Morgan fingerprint density at radius 2 is 1.82 bits per heavy atom. The van der Waals surface area contributed by atoms with Crippen LogP contribution in [0.1, 0.15) is 0 Å². The number of ether oxygens (including phenoxy) is 1. The highest BCUT2D eigenvalue weighted by Gasteiger charge is 2.18. The number of rotatable bonds is 3. The molecule has 2 aromatic rings. The monoisotopic (exact) mass is 308 g/mol. The first-order chi connectivity index (χ1) is 10.5. The van der Waals surface area contributed by atoms with E-state index >= 15 is 0 Å². The van der Waals surface area contributed by atoms with E-state index in [0.717, 1.165) is 37.4 Å². The molecule has 1 saturated heterocycles. The van der Waals surface area contributed by atoms with Crippen LogP contribution in [-0.4, -0.2) is 56.4 Å². The number of nitrogen functional groups attached to an aromatic ring is 1. The number of hydrogen-bond acceptors (Lipinski definition) is 6. The van der Waals surface area contributed by atoms with Gasteiger partial charge in [-0.1, -0.05) is 0 Å². The quantitative estimate of drug-likeness (QED) is 0.729. The maximum atomic E-state index is 12.4. The molecule has 0 radical (unpaired) electrons. The molecule has 3 heterocycles. The van der Waals surface area contributed by atoms with E-state index in [1.807, 2.05) is 0 Å². The minimum atomic E-state index is -0.407. The fourth-order valence-electron chi connectivity index (χ4n) is 2.76.